The molecule has 2 atom stereocenters. The number of hydrogen-bond acceptors (Lipinski definition) is 5. The average Bonchev–Trinajstić information content (AvgIpc) is 2.65. The summed E-state index contributed by atoms with van der Waals surface area (Å²) in [7, 11) is 0. The molecule has 12 heavy (non-hydrogen) atoms. The third kappa shape index (κ3) is 3.12. The van der Waals surface area contributed by atoms with Crippen molar-refractivity contribution in [2.24, 2.45) is 0 Å². The van der Waals surface area contributed by atoms with E-state index in [0.717, 1.165) is 0 Å². The van der Waals surface area contributed by atoms with Crippen molar-refractivity contribution in [3.8, 4) is 0 Å². The van der Waals surface area contributed by atoms with Crippen LogP contribution in [0, 0.1) is 0 Å². The number of ether oxygens (including phenoxy) is 2. The Morgan fingerprint density at radius 1 is 1.50 bits per heavy atom. The van der Waals surface area contributed by atoms with Gasteiger partial charge in [0.1, 0.15) is 6.10 Å². The number of carboxylic acid groups (broad SMARTS) is 1. The summed E-state index contributed by atoms with van der Waals surface area (Å²) in [5, 5.41) is 10.0. The molecule has 0 N–H and O–H groups in total. The van der Waals surface area contributed by atoms with Gasteiger partial charge < -0.3 is 19.4 Å². The van der Waals surface area contributed by atoms with Gasteiger partial charge in [0.25, 0.3) is 0 Å². The Balaban J connectivity index is 0.00000121. The zero-order valence-electron chi connectivity index (χ0n) is 6.90. The van der Waals surface area contributed by atoms with E-state index in [0.29, 0.717) is 0 Å². The van der Waals surface area contributed by atoms with Gasteiger partial charge in [0.2, 0.25) is 0 Å². The minimum atomic E-state index is -1.37. The van der Waals surface area contributed by atoms with Crippen molar-refractivity contribution in [1.82, 2.24) is 0 Å². The summed E-state index contributed by atoms with van der Waals surface area (Å²) in [4.78, 5) is 20.7. The third-order valence-corrected chi connectivity index (χ3v) is 1.24. The first-order chi connectivity index (χ1) is 5.16. The van der Waals surface area contributed by atoms with Crippen LogP contribution >= 0.6 is 0 Å². The summed E-state index contributed by atoms with van der Waals surface area (Å²) in [6, 6.07) is 0. The molecule has 0 aromatic heterocycles. The normalized spacial score (nSPS) is 25.4. The van der Waals surface area contributed by atoms with Crippen molar-refractivity contribution < 1.29 is 75.6 Å². The average molecular weight is 198 g/mol. The summed E-state index contributed by atoms with van der Waals surface area (Å²) in [5.41, 5.74) is 0. The van der Waals surface area contributed by atoms with E-state index < -0.39 is 24.1 Å². The fraction of sp³-hybridized carbons (Fsp3) is 0.667. The van der Waals surface area contributed by atoms with Crippen molar-refractivity contribution in [3.05, 3.63) is 0 Å². The fourth-order valence-electron chi connectivity index (χ4n) is 0.695. The second-order valence-corrected chi connectivity index (χ2v) is 2.05. The minimum Gasteiger partial charge on any atom is -0.547 e. The van der Waals surface area contributed by atoms with Crippen LogP contribution in [0.25, 0.3) is 0 Å². The monoisotopic (exact) mass is 198 g/mol. The number of esters is 1. The number of hydrogen-bond donors (Lipinski definition) is 0. The first-order valence-electron chi connectivity index (χ1n) is 3.19. The number of aliphatic carboxylic acids is 1. The maximum absolute atomic E-state index is 10.7. The largest absolute Gasteiger partial charge is 1.00 e. The molecule has 62 valence electrons. The predicted molar refractivity (Wildman–Crippen MR) is 30.3 cm³/mol. The molecule has 0 unspecified atom stereocenters. The predicted octanol–water partition coefficient (Wildman–Crippen LogP) is -4.93. The van der Waals surface area contributed by atoms with Crippen LogP contribution in [0.3, 0.4) is 0 Å². The Labute approximate surface area is 112 Å². The number of carbonyl (C=O) groups is 2. The van der Waals surface area contributed by atoms with Crippen molar-refractivity contribution in [2.45, 2.75) is 19.1 Å². The molecule has 1 aliphatic heterocycles. The van der Waals surface area contributed by atoms with E-state index in [-0.39, 0.29) is 58.0 Å². The molecule has 1 rings (SSSR count). The molecule has 1 saturated heterocycles. The van der Waals surface area contributed by atoms with Crippen LogP contribution in [0.4, 0.5) is 0 Å². The van der Waals surface area contributed by atoms with Gasteiger partial charge in [-0.05, 0) is 6.92 Å². The molecule has 0 aromatic carbocycles. The molecule has 1 aliphatic rings. The molecule has 0 aliphatic carbocycles. The smallest absolute Gasteiger partial charge is 0.547 e. The van der Waals surface area contributed by atoms with Crippen molar-refractivity contribution in [2.75, 3.05) is 6.61 Å². The van der Waals surface area contributed by atoms with Crippen LogP contribution in [-0.2, 0) is 19.1 Å². The number of rotatable bonds is 3. The quantitative estimate of drug-likeness (QED) is 0.258. The molecule has 0 radical (unpaired) electrons. The van der Waals surface area contributed by atoms with Gasteiger partial charge in [0, 0.05) is 0 Å². The van der Waals surface area contributed by atoms with Crippen LogP contribution < -0.4 is 56.5 Å². The molecule has 0 saturated carbocycles. The molecule has 0 aromatic rings. The van der Waals surface area contributed by atoms with E-state index in [1.807, 2.05) is 0 Å². The summed E-state index contributed by atoms with van der Waals surface area (Å²) in [5.74, 6) is -2.01. The molecule has 0 amide bonds. The molecule has 6 heteroatoms. The van der Waals surface area contributed by atoms with Crippen LogP contribution in [0.2, 0.25) is 0 Å². The Bertz CT molecular complexity index is 192. The van der Waals surface area contributed by atoms with Gasteiger partial charge in [-0.2, -0.15) is 0 Å². The van der Waals surface area contributed by atoms with Crippen LogP contribution in [0.15, 0.2) is 0 Å². The number of carboxylic acids is 1. The summed E-state index contributed by atoms with van der Waals surface area (Å²) >= 11 is 0. The van der Waals surface area contributed by atoms with Crippen molar-refractivity contribution >= 4 is 11.9 Å². The standard InChI is InChI=1S/C6H8O5.K/c1-2-10-6(9)4-3(11-4)5(7)8;/h3-4H,2H2,1H3,(H,7,8);/q;+1/p-1/t3-,4-;/m0./s1. The topological polar surface area (TPSA) is 79.0 Å². The van der Waals surface area contributed by atoms with E-state index in [4.69, 9.17) is 0 Å². The van der Waals surface area contributed by atoms with Gasteiger partial charge in [0.15, 0.2) is 6.10 Å². The Hall–Kier alpha value is 0.536. The summed E-state index contributed by atoms with van der Waals surface area (Å²) < 4.78 is 8.95. The van der Waals surface area contributed by atoms with Crippen molar-refractivity contribution in [3.63, 3.8) is 0 Å². The molecule has 0 bridgehead atoms. The molecule has 1 fully saturated rings. The molecule has 1 heterocycles. The van der Waals surface area contributed by atoms with Gasteiger partial charge in [-0.25, -0.2) is 4.79 Å². The maximum atomic E-state index is 10.7. The van der Waals surface area contributed by atoms with E-state index in [1.54, 1.807) is 6.92 Å². The molecule has 0 spiro atoms. The summed E-state index contributed by atoms with van der Waals surface area (Å²) in [6.07, 6.45) is -2.05. The Morgan fingerprint density at radius 3 is 2.42 bits per heavy atom. The molecular formula is C6H7KO5. The van der Waals surface area contributed by atoms with E-state index in [9.17, 15) is 14.7 Å². The number of epoxide rings is 1. The molecule has 5 nitrogen and oxygen atoms in total. The van der Waals surface area contributed by atoms with Gasteiger partial charge in [-0.15, -0.1) is 0 Å². The zero-order chi connectivity index (χ0) is 8.43. The number of carbonyl (C=O) groups excluding carboxylic acids is 2. The maximum Gasteiger partial charge on any atom is 1.00 e. The summed E-state index contributed by atoms with van der Waals surface area (Å²) in [6.45, 7) is 1.85. The SMILES string of the molecule is CCOC(=O)[C@H]1O[C@@H]1C(=O)[O-].[K+]. The van der Waals surface area contributed by atoms with Crippen LogP contribution in [0.5, 0.6) is 0 Å². The van der Waals surface area contributed by atoms with Crippen LogP contribution in [0.1, 0.15) is 6.92 Å². The van der Waals surface area contributed by atoms with E-state index >= 15 is 0 Å². The Kier molecular flexibility index (Phi) is 5.54. The first kappa shape index (κ1) is 12.5. The fourth-order valence-corrected chi connectivity index (χ4v) is 0.695. The first-order valence-corrected chi connectivity index (χ1v) is 3.19. The van der Waals surface area contributed by atoms with E-state index in [2.05, 4.69) is 9.47 Å². The third-order valence-electron chi connectivity index (χ3n) is 1.24. The van der Waals surface area contributed by atoms with Gasteiger partial charge in [0.05, 0.1) is 12.6 Å². The second-order valence-electron chi connectivity index (χ2n) is 2.05. The van der Waals surface area contributed by atoms with E-state index in [1.165, 1.54) is 0 Å². The van der Waals surface area contributed by atoms with Crippen molar-refractivity contribution in [1.29, 1.82) is 0 Å². The van der Waals surface area contributed by atoms with Gasteiger partial charge in [-0.3, -0.25) is 0 Å². The zero-order valence-corrected chi connectivity index (χ0v) is 10.0. The van der Waals surface area contributed by atoms with Gasteiger partial charge >= 0.3 is 57.4 Å². The Morgan fingerprint density at radius 2 is 2.08 bits per heavy atom. The van der Waals surface area contributed by atoms with Crippen LogP contribution in [-0.4, -0.2) is 30.8 Å². The second kappa shape index (κ2) is 5.31. The van der Waals surface area contributed by atoms with Gasteiger partial charge in [-0.1, -0.05) is 0 Å². The minimum absolute atomic E-state index is 0. The molecular weight excluding hydrogens is 191 g/mol.